The zero-order valence-corrected chi connectivity index (χ0v) is 14.4. The van der Waals surface area contributed by atoms with Gasteiger partial charge in [0.05, 0.1) is 0 Å². The highest BCUT2D eigenvalue weighted by Crippen LogP contribution is 2.44. The fourth-order valence-corrected chi connectivity index (χ4v) is 3.06. The maximum atomic E-state index is 12.3. The second kappa shape index (κ2) is 6.09. The van der Waals surface area contributed by atoms with E-state index in [1.165, 1.54) is 0 Å². The van der Waals surface area contributed by atoms with E-state index in [1.54, 1.807) is 0 Å². The van der Waals surface area contributed by atoms with Gasteiger partial charge in [0, 0.05) is 17.5 Å². The van der Waals surface area contributed by atoms with E-state index in [2.05, 4.69) is 17.6 Å². The van der Waals surface area contributed by atoms with Gasteiger partial charge in [-0.1, -0.05) is 13.3 Å². The second-order valence-corrected chi connectivity index (χ2v) is 7.90. The minimum Gasteiger partial charge on any atom is -0.444 e. The minimum absolute atomic E-state index is 0.116. The highest BCUT2D eigenvalue weighted by Gasteiger charge is 2.45. The zero-order valence-electron chi connectivity index (χ0n) is 14.4. The molecule has 5 nitrogen and oxygen atoms in total. The fraction of sp³-hybridized carbons (Fsp3) is 0.882. The van der Waals surface area contributed by atoms with Crippen molar-refractivity contribution in [2.75, 3.05) is 6.54 Å². The van der Waals surface area contributed by atoms with Crippen molar-refractivity contribution in [1.82, 2.24) is 10.6 Å². The van der Waals surface area contributed by atoms with E-state index in [1.807, 2.05) is 20.8 Å². The highest BCUT2D eigenvalue weighted by atomic mass is 16.6. The summed E-state index contributed by atoms with van der Waals surface area (Å²) in [6.07, 6.45) is 6.43. The van der Waals surface area contributed by atoms with E-state index in [4.69, 9.17) is 4.74 Å². The first-order chi connectivity index (χ1) is 10.2. The minimum atomic E-state index is -0.480. The Kier molecular flexibility index (Phi) is 4.73. The van der Waals surface area contributed by atoms with Crippen LogP contribution in [-0.2, 0) is 9.53 Å². The van der Waals surface area contributed by atoms with Gasteiger partial charge in [-0.25, -0.2) is 4.79 Å². The third-order valence-corrected chi connectivity index (χ3v) is 4.98. The van der Waals surface area contributed by atoms with Gasteiger partial charge in [0.1, 0.15) is 5.60 Å². The van der Waals surface area contributed by atoms with E-state index in [9.17, 15) is 9.59 Å². The number of hydrogen-bond donors (Lipinski definition) is 2. The fourth-order valence-electron chi connectivity index (χ4n) is 3.06. The van der Waals surface area contributed by atoms with E-state index in [-0.39, 0.29) is 23.0 Å². The lowest BCUT2D eigenvalue weighted by molar-refractivity contribution is -0.136. The summed E-state index contributed by atoms with van der Waals surface area (Å²) in [7, 11) is 0. The molecule has 2 N–H and O–H groups in total. The molecule has 0 atom stereocenters. The van der Waals surface area contributed by atoms with Gasteiger partial charge in [0.2, 0.25) is 5.91 Å². The van der Waals surface area contributed by atoms with Crippen molar-refractivity contribution in [3.63, 3.8) is 0 Å². The SMILES string of the molecule is CCC1(C(=O)NCCC2(NC(=O)OC(C)(C)C)CC2)CCC1. The maximum absolute atomic E-state index is 12.3. The zero-order chi connectivity index (χ0) is 16.4. The summed E-state index contributed by atoms with van der Waals surface area (Å²) in [6, 6.07) is 0. The number of amides is 2. The molecule has 0 bridgehead atoms. The number of alkyl carbamates (subject to hydrolysis) is 1. The molecule has 2 aliphatic rings. The molecular formula is C17H30N2O3. The molecule has 2 amide bonds. The Morgan fingerprint density at radius 3 is 2.18 bits per heavy atom. The Bertz CT molecular complexity index is 426. The summed E-state index contributed by atoms with van der Waals surface area (Å²) in [4.78, 5) is 24.1. The van der Waals surface area contributed by atoms with Gasteiger partial charge >= 0.3 is 6.09 Å². The van der Waals surface area contributed by atoms with Crippen molar-refractivity contribution in [3.8, 4) is 0 Å². The lowest BCUT2D eigenvalue weighted by atomic mass is 9.66. The van der Waals surface area contributed by atoms with Gasteiger partial charge in [-0.05, 0) is 59.3 Å². The number of carbonyl (C=O) groups is 2. The smallest absolute Gasteiger partial charge is 0.408 e. The summed E-state index contributed by atoms with van der Waals surface area (Å²) >= 11 is 0. The van der Waals surface area contributed by atoms with Crippen molar-refractivity contribution in [1.29, 1.82) is 0 Å². The Hall–Kier alpha value is -1.26. The number of ether oxygens (including phenoxy) is 1. The van der Waals surface area contributed by atoms with E-state index in [0.717, 1.165) is 44.9 Å². The summed E-state index contributed by atoms with van der Waals surface area (Å²) in [5, 5.41) is 6.03. The molecule has 126 valence electrons. The summed E-state index contributed by atoms with van der Waals surface area (Å²) in [5.41, 5.74) is -0.768. The molecule has 0 radical (unpaired) electrons. The average molecular weight is 310 g/mol. The Balaban J connectivity index is 1.72. The first-order valence-corrected chi connectivity index (χ1v) is 8.50. The second-order valence-electron chi connectivity index (χ2n) is 7.90. The van der Waals surface area contributed by atoms with Crippen LogP contribution in [0.5, 0.6) is 0 Å². The molecule has 0 aromatic heterocycles. The lowest BCUT2D eigenvalue weighted by Gasteiger charge is -2.39. The molecule has 5 heteroatoms. The third kappa shape index (κ3) is 4.14. The van der Waals surface area contributed by atoms with Crippen LogP contribution in [0.2, 0.25) is 0 Å². The first kappa shape index (κ1) is 17.1. The van der Waals surface area contributed by atoms with Crippen LogP contribution in [0.1, 0.15) is 72.6 Å². The molecule has 22 heavy (non-hydrogen) atoms. The molecule has 0 saturated heterocycles. The average Bonchev–Trinajstić information content (AvgIpc) is 3.05. The number of nitrogens with one attached hydrogen (secondary N) is 2. The Labute approximate surface area is 133 Å². The van der Waals surface area contributed by atoms with Gasteiger partial charge in [0.25, 0.3) is 0 Å². The predicted octanol–water partition coefficient (Wildman–Crippen LogP) is 3.13. The summed E-state index contributed by atoms with van der Waals surface area (Å²) < 4.78 is 5.30. The Morgan fingerprint density at radius 1 is 1.14 bits per heavy atom. The van der Waals surface area contributed by atoms with Gasteiger partial charge in [-0.15, -0.1) is 0 Å². The molecule has 0 aliphatic heterocycles. The number of rotatable bonds is 6. The van der Waals surface area contributed by atoms with Crippen molar-refractivity contribution >= 4 is 12.0 Å². The molecule has 2 rings (SSSR count). The lowest BCUT2D eigenvalue weighted by Crippen LogP contribution is -2.47. The molecule has 2 aliphatic carbocycles. The van der Waals surface area contributed by atoms with Crippen LogP contribution in [0.3, 0.4) is 0 Å². The van der Waals surface area contributed by atoms with Crippen LogP contribution in [0.25, 0.3) is 0 Å². The summed E-state index contributed by atoms with van der Waals surface area (Å²) in [6.45, 7) is 8.28. The number of hydrogen-bond acceptors (Lipinski definition) is 3. The van der Waals surface area contributed by atoms with Crippen LogP contribution in [0.4, 0.5) is 4.79 Å². The highest BCUT2D eigenvalue weighted by molar-refractivity contribution is 5.83. The van der Waals surface area contributed by atoms with Crippen molar-refractivity contribution in [2.24, 2.45) is 5.41 Å². The molecule has 0 heterocycles. The molecule has 0 unspecified atom stereocenters. The van der Waals surface area contributed by atoms with Crippen molar-refractivity contribution < 1.29 is 14.3 Å². The van der Waals surface area contributed by atoms with E-state index >= 15 is 0 Å². The largest absolute Gasteiger partial charge is 0.444 e. The van der Waals surface area contributed by atoms with Crippen molar-refractivity contribution in [2.45, 2.75) is 83.8 Å². The quantitative estimate of drug-likeness (QED) is 0.792. The molecule has 0 aromatic carbocycles. The molecular weight excluding hydrogens is 280 g/mol. The van der Waals surface area contributed by atoms with Crippen LogP contribution >= 0.6 is 0 Å². The molecule has 2 saturated carbocycles. The van der Waals surface area contributed by atoms with Crippen LogP contribution in [0, 0.1) is 5.41 Å². The van der Waals surface area contributed by atoms with Crippen LogP contribution in [0.15, 0.2) is 0 Å². The monoisotopic (exact) mass is 310 g/mol. The first-order valence-electron chi connectivity index (χ1n) is 8.50. The van der Waals surface area contributed by atoms with Crippen LogP contribution in [-0.4, -0.2) is 29.7 Å². The maximum Gasteiger partial charge on any atom is 0.408 e. The normalized spacial score (nSPS) is 21.5. The van der Waals surface area contributed by atoms with Gasteiger partial charge in [-0.3, -0.25) is 4.79 Å². The van der Waals surface area contributed by atoms with Crippen LogP contribution < -0.4 is 10.6 Å². The van der Waals surface area contributed by atoms with Gasteiger partial charge in [0.15, 0.2) is 0 Å². The predicted molar refractivity (Wildman–Crippen MR) is 85.5 cm³/mol. The van der Waals surface area contributed by atoms with E-state index in [0.29, 0.717) is 6.54 Å². The topological polar surface area (TPSA) is 67.4 Å². The van der Waals surface area contributed by atoms with Crippen molar-refractivity contribution in [3.05, 3.63) is 0 Å². The molecule has 0 spiro atoms. The number of carbonyl (C=O) groups excluding carboxylic acids is 2. The van der Waals surface area contributed by atoms with Gasteiger partial charge in [-0.2, -0.15) is 0 Å². The molecule has 2 fully saturated rings. The standard InChI is InChI=1S/C17H30N2O3/c1-5-16(7-6-8-16)13(20)18-12-11-17(9-10-17)19-14(21)22-15(2,3)4/h5-12H2,1-4H3,(H,18,20)(H,19,21). The van der Waals surface area contributed by atoms with E-state index < -0.39 is 5.60 Å². The van der Waals surface area contributed by atoms with Gasteiger partial charge < -0.3 is 15.4 Å². The summed E-state index contributed by atoms with van der Waals surface area (Å²) in [5.74, 6) is 0.189. The molecule has 0 aromatic rings. The third-order valence-electron chi connectivity index (χ3n) is 4.98. The Morgan fingerprint density at radius 2 is 1.77 bits per heavy atom.